The molecule has 0 amide bonds. The first-order valence-corrected chi connectivity index (χ1v) is 8.38. The van der Waals surface area contributed by atoms with Crippen LogP contribution in [0.5, 0.6) is 0 Å². The Hall–Kier alpha value is -2.50. The molecule has 0 aliphatic carbocycles. The number of carbonyl (C=O) groups is 2. The summed E-state index contributed by atoms with van der Waals surface area (Å²) in [5.74, 6) is -3.46. The highest BCUT2D eigenvalue weighted by Crippen LogP contribution is 2.41. The van der Waals surface area contributed by atoms with Crippen LogP contribution in [0.25, 0.3) is 0 Å². The summed E-state index contributed by atoms with van der Waals surface area (Å²) in [6.45, 7) is 8.56. The molecule has 2 atom stereocenters. The summed E-state index contributed by atoms with van der Waals surface area (Å²) < 4.78 is 25.0. The molecule has 0 saturated heterocycles. The van der Waals surface area contributed by atoms with Crippen LogP contribution in [0.1, 0.15) is 46.1 Å². The molecule has 1 aliphatic rings. The van der Waals surface area contributed by atoms with Crippen molar-refractivity contribution in [2.75, 3.05) is 7.11 Å². The molecule has 0 aromatic heterocycles. The first kappa shape index (κ1) is 19.8. The Morgan fingerprint density at radius 1 is 1.15 bits per heavy atom. The van der Waals surface area contributed by atoms with Gasteiger partial charge in [0.15, 0.2) is 0 Å². The van der Waals surface area contributed by atoms with Crippen molar-refractivity contribution in [3.8, 4) is 0 Å². The smallest absolute Gasteiger partial charge is 0.337 e. The van der Waals surface area contributed by atoms with Crippen LogP contribution in [0.2, 0.25) is 0 Å². The first-order valence-electron chi connectivity index (χ1n) is 8.38. The predicted molar refractivity (Wildman–Crippen MR) is 96.3 cm³/mol. The van der Waals surface area contributed by atoms with Crippen LogP contribution in [0.3, 0.4) is 0 Å². The molecule has 1 aromatic carbocycles. The molecule has 2 unspecified atom stereocenters. The molecule has 140 valence electrons. The fourth-order valence-electron chi connectivity index (χ4n) is 3.13. The van der Waals surface area contributed by atoms with Crippen LogP contribution in [-0.2, 0) is 19.1 Å². The van der Waals surface area contributed by atoms with Crippen LogP contribution >= 0.6 is 0 Å². The molecule has 0 spiro atoms. The van der Waals surface area contributed by atoms with Gasteiger partial charge in [-0.3, -0.25) is 9.79 Å². The number of esters is 2. The van der Waals surface area contributed by atoms with Gasteiger partial charge in [0, 0.05) is 17.3 Å². The quantitative estimate of drug-likeness (QED) is 0.769. The molecule has 6 heteroatoms. The summed E-state index contributed by atoms with van der Waals surface area (Å²) in [6.07, 6.45) is 0. The van der Waals surface area contributed by atoms with E-state index in [1.54, 1.807) is 52.8 Å². The van der Waals surface area contributed by atoms with E-state index in [9.17, 15) is 14.0 Å². The van der Waals surface area contributed by atoms with Gasteiger partial charge in [-0.2, -0.15) is 0 Å². The first-order chi connectivity index (χ1) is 12.1. The summed E-state index contributed by atoms with van der Waals surface area (Å²) in [5, 5.41) is 0. The molecule has 0 radical (unpaired) electrons. The summed E-state index contributed by atoms with van der Waals surface area (Å²) in [4.78, 5) is 29.6. The topological polar surface area (TPSA) is 65.0 Å². The van der Waals surface area contributed by atoms with E-state index >= 15 is 0 Å². The molecular weight excluding hydrogens is 337 g/mol. The van der Waals surface area contributed by atoms with Crippen LogP contribution in [0.15, 0.2) is 40.5 Å². The van der Waals surface area contributed by atoms with Gasteiger partial charge in [-0.15, -0.1) is 0 Å². The number of methoxy groups -OCH3 is 1. The molecule has 1 aliphatic heterocycles. The summed E-state index contributed by atoms with van der Waals surface area (Å²) in [5.41, 5.74) is 0.546. The third-order valence-corrected chi connectivity index (χ3v) is 4.14. The Labute approximate surface area is 152 Å². The van der Waals surface area contributed by atoms with E-state index in [0.29, 0.717) is 11.4 Å². The SMILES string of the molecule is COC(=O)C1C(C)=NC(C)=C(C(=O)OC(C)(C)C)C1c1ccccc1F. The zero-order chi connectivity index (χ0) is 19.6. The number of ether oxygens (including phenoxy) is 2. The number of carbonyl (C=O) groups excluding carboxylic acids is 2. The fraction of sp³-hybridized carbons (Fsp3) is 0.450. The van der Waals surface area contributed by atoms with Gasteiger partial charge < -0.3 is 9.47 Å². The van der Waals surface area contributed by atoms with E-state index in [0.717, 1.165) is 0 Å². The Bertz CT molecular complexity index is 789. The monoisotopic (exact) mass is 361 g/mol. The Morgan fingerprint density at radius 2 is 1.77 bits per heavy atom. The molecule has 5 nitrogen and oxygen atoms in total. The van der Waals surface area contributed by atoms with Gasteiger partial charge >= 0.3 is 11.9 Å². The number of aliphatic imine (C=N–C) groups is 1. The van der Waals surface area contributed by atoms with Gasteiger partial charge in [0.2, 0.25) is 0 Å². The number of hydrogen-bond acceptors (Lipinski definition) is 5. The molecule has 1 heterocycles. The van der Waals surface area contributed by atoms with Gasteiger partial charge in [0.25, 0.3) is 0 Å². The van der Waals surface area contributed by atoms with Crippen molar-refractivity contribution in [3.63, 3.8) is 0 Å². The highest BCUT2D eigenvalue weighted by atomic mass is 19.1. The van der Waals surface area contributed by atoms with E-state index in [1.807, 2.05) is 0 Å². The second-order valence-corrected chi connectivity index (χ2v) is 7.25. The standard InChI is InChI=1S/C20H24FNO4/c1-11-15(18(23)25-6)17(13-9-7-8-10-14(13)21)16(12(2)22-11)19(24)26-20(3,4)5/h7-10,15,17H,1-6H3. The summed E-state index contributed by atoms with van der Waals surface area (Å²) >= 11 is 0. The van der Waals surface area contributed by atoms with Gasteiger partial charge in [0.05, 0.1) is 12.7 Å². The van der Waals surface area contributed by atoms with Crippen molar-refractivity contribution >= 4 is 17.7 Å². The number of nitrogens with zero attached hydrogens (tertiary/aromatic N) is 1. The minimum absolute atomic E-state index is 0.172. The van der Waals surface area contributed by atoms with Crippen LogP contribution in [0.4, 0.5) is 4.39 Å². The lowest BCUT2D eigenvalue weighted by Crippen LogP contribution is -2.38. The van der Waals surface area contributed by atoms with Crippen LogP contribution in [-0.4, -0.2) is 30.4 Å². The highest BCUT2D eigenvalue weighted by molar-refractivity contribution is 6.07. The Balaban J connectivity index is 2.67. The van der Waals surface area contributed by atoms with E-state index in [4.69, 9.17) is 9.47 Å². The maximum Gasteiger partial charge on any atom is 0.337 e. The second kappa shape index (κ2) is 7.40. The molecule has 1 aromatic rings. The third-order valence-electron chi connectivity index (χ3n) is 4.14. The van der Waals surface area contributed by atoms with Crippen molar-refractivity contribution in [2.24, 2.45) is 10.9 Å². The molecule has 2 rings (SSSR count). The van der Waals surface area contributed by atoms with Crippen molar-refractivity contribution in [1.29, 1.82) is 0 Å². The molecule has 0 N–H and O–H groups in total. The third kappa shape index (κ3) is 4.00. The lowest BCUT2D eigenvalue weighted by molar-refractivity contribution is -0.150. The lowest BCUT2D eigenvalue weighted by Gasteiger charge is -2.32. The molecule has 26 heavy (non-hydrogen) atoms. The Morgan fingerprint density at radius 3 is 2.31 bits per heavy atom. The molecule has 0 bridgehead atoms. The number of halogens is 1. The Kier molecular flexibility index (Phi) is 5.64. The largest absolute Gasteiger partial charge is 0.468 e. The maximum atomic E-state index is 14.6. The number of benzene rings is 1. The van der Waals surface area contributed by atoms with Crippen molar-refractivity contribution < 1.29 is 23.5 Å². The normalized spacial score (nSPS) is 20.5. The minimum Gasteiger partial charge on any atom is -0.468 e. The zero-order valence-electron chi connectivity index (χ0n) is 15.9. The summed E-state index contributed by atoms with van der Waals surface area (Å²) in [6, 6.07) is 6.08. The van der Waals surface area contributed by atoms with Gasteiger partial charge in [0.1, 0.15) is 17.3 Å². The molecular formula is C20H24FNO4. The summed E-state index contributed by atoms with van der Waals surface area (Å²) in [7, 11) is 1.26. The number of allylic oxidation sites excluding steroid dienone is 1. The number of rotatable bonds is 3. The maximum absolute atomic E-state index is 14.6. The number of hydrogen-bond donors (Lipinski definition) is 0. The van der Waals surface area contributed by atoms with Gasteiger partial charge in [-0.1, -0.05) is 18.2 Å². The fourth-order valence-corrected chi connectivity index (χ4v) is 3.13. The van der Waals surface area contributed by atoms with Crippen molar-refractivity contribution in [1.82, 2.24) is 0 Å². The van der Waals surface area contributed by atoms with Gasteiger partial charge in [-0.25, -0.2) is 9.18 Å². The van der Waals surface area contributed by atoms with Crippen LogP contribution < -0.4 is 0 Å². The lowest BCUT2D eigenvalue weighted by atomic mass is 9.75. The van der Waals surface area contributed by atoms with E-state index in [1.165, 1.54) is 13.2 Å². The molecule has 0 saturated carbocycles. The zero-order valence-corrected chi connectivity index (χ0v) is 15.9. The van der Waals surface area contributed by atoms with Gasteiger partial charge in [-0.05, 0) is 46.2 Å². The van der Waals surface area contributed by atoms with E-state index in [-0.39, 0.29) is 11.1 Å². The highest BCUT2D eigenvalue weighted by Gasteiger charge is 2.43. The van der Waals surface area contributed by atoms with Crippen molar-refractivity contribution in [3.05, 3.63) is 46.9 Å². The van der Waals surface area contributed by atoms with Crippen molar-refractivity contribution in [2.45, 2.75) is 46.1 Å². The van der Waals surface area contributed by atoms with E-state index < -0.39 is 35.2 Å². The minimum atomic E-state index is -0.900. The van der Waals surface area contributed by atoms with E-state index in [2.05, 4.69) is 4.99 Å². The van der Waals surface area contributed by atoms with Crippen LogP contribution in [0, 0.1) is 11.7 Å². The average Bonchev–Trinajstić information content (AvgIpc) is 2.52. The second-order valence-electron chi connectivity index (χ2n) is 7.25. The predicted octanol–water partition coefficient (Wildman–Crippen LogP) is 3.79. The molecule has 0 fully saturated rings. The average molecular weight is 361 g/mol.